The van der Waals surface area contributed by atoms with Crippen LogP contribution < -0.4 is 4.72 Å². The Labute approximate surface area is 116 Å². The van der Waals surface area contributed by atoms with Crippen molar-refractivity contribution < 1.29 is 8.42 Å². The van der Waals surface area contributed by atoms with Crippen LogP contribution in [-0.4, -0.2) is 25.3 Å². The lowest BCUT2D eigenvalue weighted by atomic mass is 9.99. The molecule has 0 aliphatic heterocycles. The summed E-state index contributed by atoms with van der Waals surface area (Å²) in [5.74, 6) is 1.03. The summed E-state index contributed by atoms with van der Waals surface area (Å²) >= 11 is 3.49. The number of aromatic nitrogens is 1. The van der Waals surface area contributed by atoms with E-state index in [9.17, 15) is 8.42 Å². The molecular weight excluding hydrogens is 316 g/mol. The molecule has 1 aromatic heterocycles. The van der Waals surface area contributed by atoms with Crippen LogP contribution in [0.2, 0.25) is 0 Å². The molecule has 1 N–H and O–H groups in total. The third-order valence-corrected chi connectivity index (χ3v) is 5.74. The number of hydrogen-bond acceptors (Lipinski definition) is 3. The highest BCUT2D eigenvalue weighted by molar-refractivity contribution is 9.09. The Bertz CT molecular complexity index is 478. The lowest BCUT2D eigenvalue weighted by Crippen LogP contribution is -2.31. The van der Waals surface area contributed by atoms with Crippen molar-refractivity contribution in [2.45, 2.75) is 24.2 Å². The fourth-order valence-electron chi connectivity index (χ4n) is 2.39. The Balaban J connectivity index is 1.98. The van der Waals surface area contributed by atoms with E-state index in [1.807, 2.05) is 0 Å². The van der Waals surface area contributed by atoms with Gasteiger partial charge in [0.1, 0.15) is 4.90 Å². The fourth-order valence-corrected chi connectivity index (χ4v) is 4.30. The summed E-state index contributed by atoms with van der Waals surface area (Å²) in [6.45, 7) is 0.521. The van der Waals surface area contributed by atoms with Crippen molar-refractivity contribution >= 4 is 26.0 Å². The number of alkyl halides is 1. The number of rotatable bonds is 5. The van der Waals surface area contributed by atoms with Gasteiger partial charge in [0, 0.05) is 24.3 Å². The highest BCUT2D eigenvalue weighted by atomic mass is 79.9. The molecule has 1 aliphatic carbocycles. The SMILES string of the molecule is O=S(=O)(NCC1CCCC1CBr)c1cccnc1. The number of hydrogen-bond donors (Lipinski definition) is 1. The molecule has 0 radical (unpaired) electrons. The Kier molecular flexibility index (Phi) is 4.75. The minimum Gasteiger partial charge on any atom is -0.263 e. The lowest BCUT2D eigenvalue weighted by molar-refractivity contribution is 0.422. The maximum absolute atomic E-state index is 12.0. The van der Waals surface area contributed by atoms with Gasteiger partial charge >= 0.3 is 0 Å². The Morgan fingerprint density at radius 3 is 2.83 bits per heavy atom. The van der Waals surface area contributed by atoms with E-state index in [0.717, 1.165) is 11.8 Å². The molecule has 1 saturated carbocycles. The molecular formula is C12H17BrN2O2S. The minimum absolute atomic E-state index is 0.235. The molecule has 1 aromatic rings. The molecule has 0 bridgehead atoms. The van der Waals surface area contributed by atoms with Crippen LogP contribution in [0.25, 0.3) is 0 Å². The van der Waals surface area contributed by atoms with Gasteiger partial charge in [-0.1, -0.05) is 22.4 Å². The summed E-state index contributed by atoms with van der Waals surface area (Å²) in [5.41, 5.74) is 0. The van der Waals surface area contributed by atoms with Crippen molar-refractivity contribution in [2.24, 2.45) is 11.8 Å². The van der Waals surface area contributed by atoms with E-state index in [1.54, 1.807) is 18.3 Å². The van der Waals surface area contributed by atoms with Crippen molar-refractivity contribution in [2.75, 3.05) is 11.9 Å². The van der Waals surface area contributed by atoms with Gasteiger partial charge in [0.15, 0.2) is 0 Å². The van der Waals surface area contributed by atoms with Gasteiger partial charge in [-0.3, -0.25) is 4.98 Å². The van der Waals surface area contributed by atoms with Crippen LogP contribution in [0.3, 0.4) is 0 Å². The molecule has 1 aliphatic rings. The maximum atomic E-state index is 12.0. The molecule has 0 spiro atoms. The summed E-state index contributed by atoms with van der Waals surface area (Å²) in [4.78, 5) is 4.07. The standard InChI is InChI=1S/C12H17BrN2O2S/c13-7-10-3-1-4-11(10)8-15-18(16,17)12-5-2-6-14-9-12/h2,5-6,9-11,15H,1,3-4,7-8H2. The number of pyridine rings is 1. The molecule has 1 heterocycles. The second-order valence-corrected chi connectivity index (χ2v) is 7.06. The first-order chi connectivity index (χ1) is 8.63. The van der Waals surface area contributed by atoms with Gasteiger partial charge in [0.2, 0.25) is 10.0 Å². The van der Waals surface area contributed by atoms with E-state index in [-0.39, 0.29) is 4.90 Å². The molecule has 2 unspecified atom stereocenters. The first-order valence-corrected chi connectivity index (χ1v) is 8.69. The molecule has 18 heavy (non-hydrogen) atoms. The van der Waals surface area contributed by atoms with E-state index in [2.05, 4.69) is 25.6 Å². The second kappa shape index (κ2) is 6.12. The van der Waals surface area contributed by atoms with Crippen molar-refractivity contribution in [1.82, 2.24) is 9.71 Å². The molecule has 0 amide bonds. The zero-order valence-corrected chi connectivity index (χ0v) is 12.5. The van der Waals surface area contributed by atoms with Crippen LogP contribution in [0.4, 0.5) is 0 Å². The van der Waals surface area contributed by atoms with E-state index in [4.69, 9.17) is 0 Å². The number of halogens is 1. The molecule has 0 saturated heterocycles. The summed E-state index contributed by atoms with van der Waals surface area (Å²) in [6, 6.07) is 3.19. The zero-order valence-electron chi connectivity index (χ0n) is 10.0. The predicted octanol–water partition coefficient (Wildman–Crippen LogP) is 2.17. The average Bonchev–Trinajstić information content (AvgIpc) is 2.85. The Morgan fingerprint density at radius 1 is 1.39 bits per heavy atom. The summed E-state index contributed by atoms with van der Waals surface area (Å²) in [6.07, 6.45) is 6.42. The highest BCUT2D eigenvalue weighted by Gasteiger charge is 2.27. The van der Waals surface area contributed by atoms with Crippen LogP contribution in [0, 0.1) is 11.8 Å². The third-order valence-electron chi connectivity index (χ3n) is 3.49. The molecule has 2 rings (SSSR count). The molecule has 100 valence electrons. The first-order valence-electron chi connectivity index (χ1n) is 6.09. The zero-order chi connectivity index (χ0) is 13.0. The average molecular weight is 333 g/mol. The van der Waals surface area contributed by atoms with E-state index >= 15 is 0 Å². The molecule has 4 nitrogen and oxygen atoms in total. The van der Waals surface area contributed by atoms with Crippen LogP contribution in [0.5, 0.6) is 0 Å². The summed E-state index contributed by atoms with van der Waals surface area (Å²) < 4.78 is 26.7. The van der Waals surface area contributed by atoms with Crippen molar-refractivity contribution in [3.63, 3.8) is 0 Å². The molecule has 0 aromatic carbocycles. The second-order valence-electron chi connectivity index (χ2n) is 4.65. The van der Waals surface area contributed by atoms with E-state index in [1.165, 1.54) is 19.0 Å². The normalized spacial score (nSPS) is 24.3. The van der Waals surface area contributed by atoms with Crippen molar-refractivity contribution in [3.8, 4) is 0 Å². The largest absolute Gasteiger partial charge is 0.263 e. The fraction of sp³-hybridized carbons (Fsp3) is 0.583. The van der Waals surface area contributed by atoms with E-state index < -0.39 is 10.0 Å². The van der Waals surface area contributed by atoms with Crippen LogP contribution >= 0.6 is 15.9 Å². The van der Waals surface area contributed by atoms with Gasteiger partial charge in [0.05, 0.1) is 0 Å². The van der Waals surface area contributed by atoms with E-state index in [0.29, 0.717) is 18.4 Å². The van der Waals surface area contributed by atoms with Gasteiger partial charge < -0.3 is 0 Å². The summed E-state index contributed by atoms with van der Waals surface area (Å²) in [7, 11) is -3.41. The number of sulfonamides is 1. The quantitative estimate of drug-likeness (QED) is 0.840. The smallest absolute Gasteiger partial charge is 0.242 e. The highest BCUT2D eigenvalue weighted by Crippen LogP contribution is 2.32. The molecule has 2 atom stereocenters. The van der Waals surface area contributed by atoms with Gasteiger partial charge in [-0.15, -0.1) is 0 Å². The maximum Gasteiger partial charge on any atom is 0.242 e. The number of nitrogens with zero attached hydrogens (tertiary/aromatic N) is 1. The molecule has 6 heteroatoms. The van der Waals surface area contributed by atoms with Gasteiger partial charge in [-0.2, -0.15) is 0 Å². The van der Waals surface area contributed by atoms with Gasteiger partial charge in [-0.25, -0.2) is 13.1 Å². The van der Waals surface area contributed by atoms with Crippen LogP contribution in [0.1, 0.15) is 19.3 Å². The monoisotopic (exact) mass is 332 g/mol. The lowest BCUT2D eigenvalue weighted by Gasteiger charge is -2.17. The minimum atomic E-state index is -3.41. The van der Waals surface area contributed by atoms with Crippen molar-refractivity contribution in [3.05, 3.63) is 24.5 Å². The first kappa shape index (κ1) is 14.0. The Morgan fingerprint density at radius 2 is 2.17 bits per heavy atom. The van der Waals surface area contributed by atoms with Crippen LogP contribution in [0.15, 0.2) is 29.4 Å². The van der Waals surface area contributed by atoms with Gasteiger partial charge in [-0.05, 0) is 36.8 Å². The topological polar surface area (TPSA) is 59.1 Å². The van der Waals surface area contributed by atoms with Crippen molar-refractivity contribution in [1.29, 1.82) is 0 Å². The predicted molar refractivity (Wildman–Crippen MR) is 74.1 cm³/mol. The summed E-state index contributed by atoms with van der Waals surface area (Å²) in [5, 5.41) is 0.951. The molecule has 1 fully saturated rings. The van der Waals surface area contributed by atoms with Gasteiger partial charge in [0.25, 0.3) is 0 Å². The Hall–Kier alpha value is -0.460. The van der Waals surface area contributed by atoms with Crippen LogP contribution in [-0.2, 0) is 10.0 Å². The third kappa shape index (κ3) is 3.30. The number of nitrogens with one attached hydrogen (secondary N) is 1.